The first kappa shape index (κ1) is 8.53. The summed E-state index contributed by atoms with van der Waals surface area (Å²) in [4.78, 5) is 10.8. The summed E-state index contributed by atoms with van der Waals surface area (Å²) in [5.74, 6) is -0.848. The van der Waals surface area contributed by atoms with Crippen LogP contribution < -0.4 is 0 Å². The summed E-state index contributed by atoms with van der Waals surface area (Å²) in [6, 6.07) is 0. The van der Waals surface area contributed by atoms with E-state index in [1.807, 2.05) is 0 Å². The van der Waals surface area contributed by atoms with Crippen LogP contribution in [-0.4, -0.2) is 22.8 Å². The Morgan fingerprint density at radius 1 is 1.64 bits per heavy atom. The molecule has 0 bridgehead atoms. The second-order valence-electron chi connectivity index (χ2n) is 3.40. The van der Waals surface area contributed by atoms with Gasteiger partial charge in [-0.15, -0.1) is 0 Å². The number of rotatable bonds is 3. The Bertz CT molecular complexity index is 161. The second-order valence-corrected chi connectivity index (χ2v) is 3.40. The highest BCUT2D eigenvalue weighted by molar-refractivity contribution is 5.76. The Kier molecular flexibility index (Phi) is 2.18. The fourth-order valence-electron chi connectivity index (χ4n) is 1.65. The summed E-state index contributed by atoms with van der Waals surface area (Å²) in [7, 11) is 0. The van der Waals surface area contributed by atoms with Gasteiger partial charge in [0.05, 0.1) is 5.41 Å². The van der Waals surface area contributed by atoms with Gasteiger partial charge < -0.3 is 10.2 Å². The highest BCUT2D eigenvalue weighted by Crippen LogP contribution is 2.47. The van der Waals surface area contributed by atoms with E-state index in [-0.39, 0.29) is 12.5 Å². The molecule has 0 aromatic carbocycles. The summed E-state index contributed by atoms with van der Waals surface area (Å²) in [6.45, 7) is 1.78. The van der Waals surface area contributed by atoms with E-state index < -0.39 is 11.4 Å². The number of carbonyl (C=O) groups is 1. The molecule has 1 atom stereocenters. The van der Waals surface area contributed by atoms with Gasteiger partial charge in [-0.25, -0.2) is 0 Å². The molecular weight excluding hydrogens is 144 g/mol. The maximum atomic E-state index is 10.8. The van der Waals surface area contributed by atoms with Gasteiger partial charge in [0.25, 0.3) is 0 Å². The summed E-state index contributed by atoms with van der Waals surface area (Å²) >= 11 is 0. The SMILES string of the molecule is CC(CO)C1(C(=O)O)CCC1. The molecule has 64 valence electrons. The van der Waals surface area contributed by atoms with Gasteiger partial charge in [-0.05, 0) is 18.8 Å². The Morgan fingerprint density at radius 2 is 2.18 bits per heavy atom. The number of aliphatic hydroxyl groups is 1. The Hall–Kier alpha value is -0.570. The molecule has 0 aliphatic heterocycles. The zero-order valence-corrected chi connectivity index (χ0v) is 6.71. The van der Waals surface area contributed by atoms with Crippen LogP contribution in [0.3, 0.4) is 0 Å². The average molecular weight is 158 g/mol. The van der Waals surface area contributed by atoms with Gasteiger partial charge in [-0.2, -0.15) is 0 Å². The van der Waals surface area contributed by atoms with Crippen LogP contribution in [0.1, 0.15) is 26.2 Å². The minimum absolute atomic E-state index is 0.0215. The molecule has 1 fully saturated rings. The van der Waals surface area contributed by atoms with Crippen LogP contribution in [0.5, 0.6) is 0 Å². The molecule has 3 heteroatoms. The lowest BCUT2D eigenvalue weighted by molar-refractivity contribution is -0.160. The summed E-state index contributed by atoms with van der Waals surface area (Å²) in [6.07, 6.45) is 2.44. The smallest absolute Gasteiger partial charge is 0.309 e. The van der Waals surface area contributed by atoms with Gasteiger partial charge in [0.1, 0.15) is 0 Å². The highest BCUT2D eigenvalue weighted by Gasteiger charge is 2.48. The maximum absolute atomic E-state index is 10.8. The molecule has 0 radical (unpaired) electrons. The fourth-order valence-corrected chi connectivity index (χ4v) is 1.65. The number of aliphatic carboxylic acids is 1. The Morgan fingerprint density at radius 3 is 2.27 bits per heavy atom. The van der Waals surface area contributed by atoms with Crippen molar-refractivity contribution in [1.82, 2.24) is 0 Å². The van der Waals surface area contributed by atoms with Gasteiger partial charge in [0.2, 0.25) is 0 Å². The van der Waals surface area contributed by atoms with Crippen LogP contribution in [-0.2, 0) is 4.79 Å². The first-order chi connectivity index (χ1) is 5.13. The monoisotopic (exact) mass is 158 g/mol. The first-order valence-corrected chi connectivity index (χ1v) is 3.98. The standard InChI is InChI=1S/C8H14O3/c1-6(5-9)8(7(10)11)3-2-4-8/h6,9H,2-5H2,1H3,(H,10,11). The highest BCUT2D eigenvalue weighted by atomic mass is 16.4. The molecule has 2 N–H and O–H groups in total. The normalized spacial score (nSPS) is 23.8. The quantitative estimate of drug-likeness (QED) is 0.640. The number of aliphatic hydroxyl groups excluding tert-OH is 1. The van der Waals surface area contributed by atoms with Crippen molar-refractivity contribution in [2.75, 3.05) is 6.61 Å². The van der Waals surface area contributed by atoms with Crippen molar-refractivity contribution in [3.63, 3.8) is 0 Å². The Labute approximate surface area is 66.0 Å². The minimum Gasteiger partial charge on any atom is -0.481 e. The molecule has 0 saturated heterocycles. The van der Waals surface area contributed by atoms with Crippen molar-refractivity contribution in [3.05, 3.63) is 0 Å². The molecule has 11 heavy (non-hydrogen) atoms. The zero-order chi connectivity index (χ0) is 8.48. The molecule has 1 unspecified atom stereocenters. The third-order valence-electron chi connectivity index (χ3n) is 2.89. The van der Waals surface area contributed by atoms with E-state index >= 15 is 0 Å². The number of hydrogen-bond donors (Lipinski definition) is 2. The summed E-state index contributed by atoms with van der Waals surface area (Å²) in [5.41, 5.74) is -0.602. The van der Waals surface area contributed by atoms with Crippen LogP contribution >= 0.6 is 0 Å². The predicted molar refractivity (Wildman–Crippen MR) is 40.2 cm³/mol. The van der Waals surface area contributed by atoms with Crippen molar-refractivity contribution >= 4 is 5.97 Å². The van der Waals surface area contributed by atoms with Crippen LogP contribution in [0.4, 0.5) is 0 Å². The molecule has 3 nitrogen and oxygen atoms in total. The van der Waals surface area contributed by atoms with Gasteiger partial charge in [0.15, 0.2) is 0 Å². The molecule has 0 aromatic heterocycles. The third kappa shape index (κ3) is 1.13. The topological polar surface area (TPSA) is 57.5 Å². The van der Waals surface area contributed by atoms with E-state index in [0.29, 0.717) is 0 Å². The number of hydrogen-bond acceptors (Lipinski definition) is 2. The number of carboxylic acid groups (broad SMARTS) is 1. The molecule has 0 heterocycles. The third-order valence-corrected chi connectivity index (χ3v) is 2.89. The Balaban J connectivity index is 2.67. The molecule has 0 spiro atoms. The average Bonchev–Trinajstić information content (AvgIpc) is 1.84. The molecule has 1 rings (SSSR count). The molecular formula is C8H14O3. The summed E-state index contributed by atoms with van der Waals surface area (Å²) in [5, 5.41) is 17.7. The zero-order valence-electron chi connectivity index (χ0n) is 6.71. The van der Waals surface area contributed by atoms with Crippen LogP contribution in [0, 0.1) is 11.3 Å². The molecule has 1 aliphatic carbocycles. The van der Waals surface area contributed by atoms with E-state index in [9.17, 15) is 4.79 Å². The maximum Gasteiger partial charge on any atom is 0.309 e. The van der Waals surface area contributed by atoms with Crippen molar-refractivity contribution in [2.45, 2.75) is 26.2 Å². The lowest BCUT2D eigenvalue weighted by Crippen LogP contribution is -2.44. The largest absolute Gasteiger partial charge is 0.481 e. The predicted octanol–water partition coefficient (Wildman–Crippen LogP) is 0.870. The van der Waals surface area contributed by atoms with Crippen molar-refractivity contribution in [3.8, 4) is 0 Å². The van der Waals surface area contributed by atoms with Crippen molar-refractivity contribution in [2.24, 2.45) is 11.3 Å². The molecule has 0 aromatic rings. The van der Waals surface area contributed by atoms with Crippen LogP contribution in [0.2, 0.25) is 0 Å². The summed E-state index contributed by atoms with van der Waals surface area (Å²) < 4.78 is 0. The van der Waals surface area contributed by atoms with E-state index in [0.717, 1.165) is 19.3 Å². The number of carboxylic acids is 1. The van der Waals surface area contributed by atoms with Gasteiger partial charge >= 0.3 is 5.97 Å². The van der Waals surface area contributed by atoms with E-state index in [1.165, 1.54) is 0 Å². The molecule has 1 saturated carbocycles. The van der Waals surface area contributed by atoms with E-state index in [2.05, 4.69) is 0 Å². The molecule has 1 aliphatic rings. The fraction of sp³-hybridized carbons (Fsp3) is 0.875. The second kappa shape index (κ2) is 2.81. The van der Waals surface area contributed by atoms with Crippen molar-refractivity contribution < 1.29 is 15.0 Å². The van der Waals surface area contributed by atoms with Crippen LogP contribution in [0.25, 0.3) is 0 Å². The van der Waals surface area contributed by atoms with E-state index in [4.69, 9.17) is 10.2 Å². The van der Waals surface area contributed by atoms with Gasteiger partial charge in [-0.3, -0.25) is 4.79 Å². The molecule has 0 amide bonds. The van der Waals surface area contributed by atoms with Crippen LogP contribution in [0.15, 0.2) is 0 Å². The van der Waals surface area contributed by atoms with Gasteiger partial charge in [0, 0.05) is 6.61 Å². The minimum atomic E-state index is -0.745. The van der Waals surface area contributed by atoms with Crippen molar-refractivity contribution in [1.29, 1.82) is 0 Å². The van der Waals surface area contributed by atoms with E-state index in [1.54, 1.807) is 6.92 Å². The van der Waals surface area contributed by atoms with Gasteiger partial charge in [-0.1, -0.05) is 13.3 Å². The lowest BCUT2D eigenvalue weighted by atomic mass is 9.62. The first-order valence-electron chi connectivity index (χ1n) is 3.98. The lowest BCUT2D eigenvalue weighted by Gasteiger charge is -2.41.